The van der Waals surface area contributed by atoms with Gasteiger partial charge >= 0.3 is 40.8 Å². The van der Waals surface area contributed by atoms with Crippen LogP contribution in [0.4, 0.5) is 11.7 Å². The van der Waals surface area contributed by atoms with Crippen LogP contribution in [0.2, 0.25) is 0 Å². The first kappa shape index (κ1) is 48.7. The van der Waals surface area contributed by atoms with Crippen LogP contribution in [0.1, 0.15) is 0 Å². The number of hydrogen-bond donors (Lipinski definition) is 9. The molecule has 0 fully saturated rings. The van der Waals surface area contributed by atoms with Gasteiger partial charge in [0.2, 0.25) is 0 Å². The first-order chi connectivity index (χ1) is 12.0. The van der Waals surface area contributed by atoms with Crippen molar-refractivity contribution < 1.29 is 108 Å². The second-order valence-corrected chi connectivity index (χ2v) is 8.16. The van der Waals surface area contributed by atoms with Crippen LogP contribution in [-0.4, -0.2) is 100 Å². The molecule has 0 rings (SSSR count). The maximum Gasteiger partial charge on any atom is 3.00 e. The topological polar surface area (TPSA) is 405 Å². The van der Waals surface area contributed by atoms with Crippen molar-refractivity contribution in [2.75, 3.05) is 0 Å². The Bertz CT molecular complexity index is 700. The molecule has 0 aliphatic carbocycles. The molecule has 0 aliphatic rings. The summed E-state index contributed by atoms with van der Waals surface area (Å²) >= 11 is 0. The Labute approximate surface area is 180 Å². The molecule has 31 heteroatoms. The fourth-order valence-electron chi connectivity index (χ4n) is 0. The van der Waals surface area contributed by atoms with E-state index >= 15 is 0 Å². The molecule has 0 aliphatic heterocycles. The van der Waals surface area contributed by atoms with E-state index in [0.29, 0.717) is 0 Å². The van der Waals surface area contributed by atoms with Crippen LogP contribution in [0.5, 0.6) is 0 Å². The maximum atomic E-state index is 10.1. The Balaban J connectivity index is -0.0000000443. The summed E-state index contributed by atoms with van der Waals surface area (Å²) in [4.78, 5) is 64.7. The van der Waals surface area contributed by atoms with Gasteiger partial charge in [0.05, 0.1) is 0 Å². The predicted molar refractivity (Wildman–Crippen MR) is 81.0 cm³/mol. The van der Waals surface area contributed by atoms with Gasteiger partial charge in [0, 0.05) is 0 Å². The van der Waals surface area contributed by atoms with Crippen molar-refractivity contribution in [3.8, 4) is 0 Å². The van der Waals surface area contributed by atoms with Crippen LogP contribution in [0.25, 0.3) is 0 Å². The SMILES string of the molecule is O=P(O)(O)O.O=P(O)(O)O.O=P(O)(O)O.O=S(=O)([O-])F.O=S(=O)([O-])F.O=S(=O)([O-])F.[Al+3]. The zero-order valence-electron chi connectivity index (χ0n) is 13.2. The fourth-order valence-corrected chi connectivity index (χ4v) is 0. The number of phosphoric acid groups is 3. The van der Waals surface area contributed by atoms with Crippen molar-refractivity contribution in [3.05, 3.63) is 0 Å². The van der Waals surface area contributed by atoms with Gasteiger partial charge in [-0.3, -0.25) is 0 Å². The van der Waals surface area contributed by atoms with E-state index in [-0.39, 0.29) is 17.4 Å². The van der Waals surface area contributed by atoms with E-state index in [2.05, 4.69) is 0 Å². The number of hydrogen-bond acceptors (Lipinski definition) is 12. The van der Waals surface area contributed by atoms with Gasteiger partial charge in [-0.1, -0.05) is 0 Å². The van der Waals surface area contributed by atoms with Gasteiger partial charge in [0.25, 0.3) is 31.5 Å². The number of rotatable bonds is 0. The van der Waals surface area contributed by atoms with Crippen LogP contribution >= 0.6 is 23.5 Å². The van der Waals surface area contributed by atoms with Gasteiger partial charge in [-0.05, 0) is 0 Å². The van der Waals surface area contributed by atoms with Gasteiger partial charge in [-0.2, -0.15) is 0 Å². The molecule has 0 bridgehead atoms. The zero-order chi connectivity index (χ0) is 27.0. The molecule has 0 aromatic heterocycles. The molecule has 0 aromatic carbocycles. The molecule has 0 radical (unpaired) electrons. The molecule has 21 nitrogen and oxygen atoms in total. The third kappa shape index (κ3) is 167000. The summed E-state index contributed by atoms with van der Waals surface area (Å²) in [5.41, 5.74) is 0. The second-order valence-electron chi connectivity index (χ2n) is 2.72. The van der Waals surface area contributed by atoms with Crippen LogP contribution < -0.4 is 0 Å². The maximum absolute atomic E-state index is 10.1. The van der Waals surface area contributed by atoms with E-state index in [1.54, 1.807) is 0 Å². The molecule has 31 heavy (non-hydrogen) atoms. The van der Waals surface area contributed by atoms with Crippen molar-refractivity contribution in [2.45, 2.75) is 0 Å². The van der Waals surface area contributed by atoms with E-state index in [4.69, 9.17) is 96.6 Å². The summed E-state index contributed by atoms with van der Waals surface area (Å²) in [5, 5.41) is 0. The summed E-state index contributed by atoms with van der Waals surface area (Å²) in [6, 6.07) is 0. The minimum absolute atomic E-state index is 0. The zero-order valence-corrected chi connectivity index (χ0v) is 19.5. The molecule has 9 N–H and O–H groups in total. The average molecular weight is 618 g/mol. The van der Waals surface area contributed by atoms with Crippen molar-refractivity contribution in [2.24, 2.45) is 0 Å². The summed E-state index contributed by atoms with van der Waals surface area (Å²) in [5.74, 6) is 0. The molecule has 0 saturated carbocycles. The molecular formula is H9AlF3O21P3S3. The predicted octanol–water partition coefficient (Wildman–Crippen LogP) is -4.92. The van der Waals surface area contributed by atoms with Crippen molar-refractivity contribution in [1.29, 1.82) is 0 Å². The minimum atomic E-state index is -5.42. The van der Waals surface area contributed by atoms with Gasteiger partial charge in [-0.25, -0.2) is 38.9 Å². The Morgan fingerprint density at radius 3 is 0.452 bits per heavy atom. The van der Waals surface area contributed by atoms with E-state index < -0.39 is 55.0 Å². The molecule has 0 aromatic rings. The molecule has 0 unspecified atom stereocenters. The van der Waals surface area contributed by atoms with Gasteiger partial charge in [0.15, 0.2) is 0 Å². The van der Waals surface area contributed by atoms with Crippen LogP contribution in [0.15, 0.2) is 0 Å². The van der Waals surface area contributed by atoms with E-state index in [9.17, 15) is 11.7 Å². The summed E-state index contributed by atoms with van der Waals surface area (Å²) < 4.78 is 133. The molecular weight excluding hydrogens is 609 g/mol. The molecule has 0 spiro atoms. The summed E-state index contributed by atoms with van der Waals surface area (Å²) in [6.07, 6.45) is 0. The van der Waals surface area contributed by atoms with Gasteiger partial charge in [-0.15, -0.1) is 11.7 Å². The van der Waals surface area contributed by atoms with Crippen molar-refractivity contribution in [1.82, 2.24) is 0 Å². The quantitative estimate of drug-likeness (QED) is 0.0531. The fraction of sp³-hybridized carbons (Fsp3) is 0. The smallest absolute Gasteiger partial charge is 0.722 e. The Hall–Kier alpha value is 0.382. The summed E-state index contributed by atoms with van der Waals surface area (Å²) in [7, 11) is -30.2. The standard InChI is InChI=1S/Al.3FHO3S.3H3O4P/c;6*1-5(2,3)4/h;3*(H,2,3,4);3*(H3,1,2,3,4)/q+3;;;;;;/p-3. The number of halogens is 3. The Morgan fingerprint density at radius 2 is 0.452 bits per heavy atom. The van der Waals surface area contributed by atoms with Crippen LogP contribution in [-0.2, 0) is 45.2 Å². The third-order valence-corrected chi connectivity index (χ3v) is 0. The van der Waals surface area contributed by atoms with Crippen LogP contribution in [0, 0.1) is 0 Å². The molecule has 0 amide bonds. The first-order valence-electron chi connectivity index (χ1n) is 4.31. The molecule has 0 heterocycles. The van der Waals surface area contributed by atoms with Gasteiger partial charge < -0.3 is 57.7 Å². The van der Waals surface area contributed by atoms with Crippen molar-refractivity contribution >= 4 is 72.3 Å². The Morgan fingerprint density at radius 1 is 0.452 bits per heavy atom. The first-order valence-corrected chi connectivity index (χ1v) is 12.9. The van der Waals surface area contributed by atoms with E-state index in [0.717, 1.165) is 0 Å². The van der Waals surface area contributed by atoms with E-state index in [1.165, 1.54) is 0 Å². The molecule has 0 saturated heterocycles. The van der Waals surface area contributed by atoms with Gasteiger partial charge in [0.1, 0.15) is 0 Å². The summed E-state index contributed by atoms with van der Waals surface area (Å²) in [6.45, 7) is 0. The molecule has 192 valence electrons. The largest absolute Gasteiger partial charge is 3.00 e. The van der Waals surface area contributed by atoms with E-state index in [1.807, 2.05) is 0 Å². The minimum Gasteiger partial charge on any atom is -0.722 e. The monoisotopic (exact) mass is 618 g/mol. The second kappa shape index (κ2) is 19.8. The average Bonchev–Trinajstić information content (AvgIpc) is 1.94. The van der Waals surface area contributed by atoms with Crippen LogP contribution in [0.3, 0.4) is 0 Å². The Kier molecular flexibility index (Phi) is 31.1. The molecule has 0 atom stereocenters. The normalized spacial score (nSPS) is 11.3. The third-order valence-electron chi connectivity index (χ3n) is 0. The van der Waals surface area contributed by atoms with Crippen molar-refractivity contribution in [3.63, 3.8) is 0 Å².